The van der Waals surface area contributed by atoms with E-state index in [0.717, 1.165) is 39.0 Å². The van der Waals surface area contributed by atoms with E-state index in [4.69, 9.17) is 4.74 Å². The van der Waals surface area contributed by atoms with Gasteiger partial charge in [0.05, 0.1) is 12.3 Å². The third-order valence-corrected chi connectivity index (χ3v) is 6.10. The summed E-state index contributed by atoms with van der Waals surface area (Å²) in [5.74, 6) is 1.35. The number of ether oxygens (including phenoxy) is 1. The second kappa shape index (κ2) is 10.4. The standard InChI is InChI=1S/C22H23FN2O2S2/c1-3-27-18-10-6-16(7-11-18)21-15(2)29-22(25-21)24-20(26)5-4-14-28-19-12-8-17(23)9-13-19/h6-13H,3-5,14H2,1-2H3,(H,24,25,26). The number of hydrogen-bond donors (Lipinski definition) is 1. The Balaban J connectivity index is 1.49. The minimum absolute atomic E-state index is 0.0447. The maximum Gasteiger partial charge on any atom is 0.226 e. The third kappa shape index (κ3) is 6.30. The van der Waals surface area contributed by atoms with Crippen molar-refractivity contribution in [2.45, 2.75) is 31.6 Å². The molecule has 3 aromatic rings. The number of carbonyl (C=O) groups excluding carboxylic acids is 1. The van der Waals surface area contributed by atoms with Gasteiger partial charge in [0, 0.05) is 21.8 Å². The van der Waals surface area contributed by atoms with Crippen molar-refractivity contribution in [1.82, 2.24) is 4.98 Å². The van der Waals surface area contributed by atoms with Gasteiger partial charge >= 0.3 is 0 Å². The number of nitrogens with one attached hydrogen (secondary N) is 1. The lowest BCUT2D eigenvalue weighted by Crippen LogP contribution is -2.11. The number of benzene rings is 2. The molecule has 2 aromatic carbocycles. The summed E-state index contributed by atoms with van der Waals surface area (Å²) < 4.78 is 18.4. The topological polar surface area (TPSA) is 51.2 Å². The van der Waals surface area contributed by atoms with Crippen molar-refractivity contribution >= 4 is 34.1 Å². The van der Waals surface area contributed by atoms with Gasteiger partial charge < -0.3 is 10.1 Å². The molecule has 0 saturated heterocycles. The molecule has 1 aromatic heterocycles. The summed E-state index contributed by atoms with van der Waals surface area (Å²) in [4.78, 5) is 18.9. The van der Waals surface area contributed by atoms with Crippen molar-refractivity contribution in [2.75, 3.05) is 17.7 Å². The van der Waals surface area contributed by atoms with Crippen LogP contribution >= 0.6 is 23.1 Å². The van der Waals surface area contributed by atoms with Gasteiger partial charge in [-0.05, 0) is 74.6 Å². The Morgan fingerprint density at radius 3 is 2.59 bits per heavy atom. The van der Waals surface area contributed by atoms with Crippen molar-refractivity contribution in [2.24, 2.45) is 0 Å². The molecular formula is C22H23FN2O2S2. The number of aryl methyl sites for hydroxylation is 1. The van der Waals surface area contributed by atoms with Crippen LogP contribution in [0.25, 0.3) is 11.3 Å². The van der Waals surface area contributed by atoms with E-state index in [0.29, 0.717) is 18.2 Å². The Bertz CT molecular complexity index is 940. The molecule has 3 rings (SSSR count). The quantitative estimate of drug-likeness (QED) is 0.326. The highest BCUT2D eigenvalue weighted by molar-refractivity contribution is 7.99. The van der Waals surface area contributed by atoms with Gasteiger partial charge in [-0.1, -0.05) is 0 Å². The molecule has 1 N–H and O–H groups in total. The molecule has 152 valence electrons. The van der Waals surface area contributed by atoms with Crippen molar-refractivity contribution in [3.8, 4) is 17.0 Å². The van der Waals surface area contributed by atoms with E-state index < -0.39 is 0 Å². The van der Waals surface area contributed by atoms with Crippen LogP contribution < -0.4 is 10.1 Å². The van der Waals surface area contributed by atoms with Crippen LogP contribution in [0.1, 0.15) is 24.6 Å². The van der Waals surface area contributed by atoms with E-state index in [1.165, 1.54) is 23.5 Å². The van der Waals surface area contributed by atoms with Gasteiger partial charge in [-0.2, -0.15) is 0 Å². The van der Waals surface area contributed by atoms with Crippen molar-refractivity contribution in [3.63, 3.8) is 0 Å². The van der Waals surface area contributed by atoms with Gasteiger partial charge in [-0.25, -0.2) is 9.37 Å². The van der Waals surface area contributed by atoms with E-state index in [9.17, 15) is 9.18 Å². The van der Waals surface area contributed by atoms with Crippen LogP contribution in [0.2, 0.25) is 0 Å². The lowest BCUT2D eigenvalue weighted by molar-refractivity contribution is -0.116. The van der Waals surface area contributed by atoms with Gasteiger partial charge in [0.2, 0.25) is 5.91 Å². The number of aromatic nitrogens is 1. The predicted molar refractivity (Wildman–Crippen MR) is 118 cm³/mol. The number of thioether (sulfide) groups is 1. The molecule has 0 fully saturated rings. The molecule has 0 aliphatic heterocycles. The average molecular weight is 431 g/mol. The van der Waals surface area contributed by atoms with Gasteiger partial charge in [0.15, 0.2) is 5.13 Å². The lowest BCUT2D eigenvalue weighted by atomic mass is 10.1. The lowest BCUT2D eigenvalue weighted by Gasteiger charge is -2.04. The molecule has 7 heteroatoms. The Hall–Kier alpha value is -2.38. The Kier molecular flexibility index (Phi) is 7.66. The number of nitrogens with zero attached hydrogens (tertiary/aromatic N) is 1. The van der Waals surface area contributed by atoms with E-state index in [1.807, 2.05) is 38.1 Å². The molecule has 0 saturated carbocycles. The Morgan fingerprint density at radius 1 is 1.17 bits per heavy atom. The summed E-state index contributed by atoms with van der Waals surface area (Å²) in [5.41, 5.74) is 1.87. The molecule has 1 heterocycles. The maximum atomic E-state index is 12.9. The van der Waals surface area contributed by atoms with Crippen LogP contribution in [-0.2, 0) is 4.79 Å². The summed E-state index contributed by atoms with van der Waals surface area (Å²) in [7, 11) is 0. The predicted octanol–water partition coefficient (Wildman–Crippen LogP) is 6.17. The molecule has 0 aliphatic carbocycles. The number of anilines is 1. The van der Waals surface area contributed by atoms with Gasteiger partial charge in [-0.15, -0.1) is 23.1 Å². The maximum absolute atomic E-state index is 12.9. The van der Waals surface area contributed by atoms with E-state index in [1.54, 1.807) is 23.9 Å². The molecule has 0 aliphatic rings. The SMILES string of the molecule is CCOc1ccc(-c2nc(NC(=O)CCCSc3ccc(F)cc3)sc2C)cc1. The largest absolute Gasteiger partial charge is 0.494 e. The molecule has 0 bridgehead atoms. The van der Waals surface area contributed by atoms with E-state index in [-0.39, 0.29) is 11.7 Å². The molecule has 0 atom stereocenters. The molecule has 0 radical (unpaired) electrons. The zero-order valence-corrected chi connectivity index (χ0v) is 18.0. The van der Waals surface area contributed by atoms with Crippen LogP contribution in [0.15, 0.2) is 53.4 Å². The second-order valence-corrected chi connectivity index (χ2v) is 8.71. The van der Waals surface area contributed by atoms with Crippen LogP contribution in [0.3, 0.4) is 0 Å². The van der Waals surface area contributed by atoms with Crippen LogP contribution in [-0.4, -0.2) is 23.3 Å². The number of carbonyl (C=O) groups is 1. The third-order valence-electron chi connectivity index (χ3n) is 4.11. The minimum Gasteiger partial charge on any atom is -0.494 e. The number of hydrogen-bond acceptors (Lipinski definition) is 5. The first-order chi connectivity index (χ1) is 14.0. The van der Waals surface area contributed by atoms with Crippen LogP contribution in [0, 0.1) is 12.7 Å². The number of amides is 1. The van der Waals surface area contributed by atoms with Crippen LogP contribution in [0.4, 0.5) is 9.52 Å². The minimum atomic E-state index is -0.239. The number of thiazole rings is 1. The fourth-order valence-electron chi connectivity index (χ4n) is 2.73. The van der Waals surface area contributed by atoms with Crippen molar-refractivity contribution in [1.29, 1.82) is 0 Å². The van der Waals surface area contributed by atoms with Gasteiger partial charge in [0.25, 0.3) is 0 Å². The average Bonchev–Trinajstić information content (AvgIpc) is 3.07. The smallest absolute Gasteiger partial charge is 0.226 e. The molecule has 4 nitrogen and oxygen atoms in total. The Morgan fingerprint density at radius 2 is 1.90 bits per heavy atom. The number of rotatable bonds is 9. The van der Waals surface area contributed by atoms with Crippen molar-refractivity contribution in [3.05, 3.63) is 59.2 Å². The van der Waals surface area contributed by atoms with E-state index >= 15 is 0 Å². The molecule has 0 unspecified atom stereocenters. The first kappa shape index (κ1) is 21.3. The zero-order valence-electron chi connectivity index (χ0n) is 16.4. The Labute approximate surface area is 178 Å². The highest BCUT2D eigenvalue weighted by Gasteiger charge is 2.12. The summed E-state index contributed by atoms with van der Waals surface area (Å²) in [5, 5.41) is 3.51. The molecule has 29 heavy (non-hydrogen) atoms. The molecule has 1 amide bonds. The van der Waals surface area contributed by atoms with Gasteiger partial charge in [-0.3, -0.25) is 4.79 Å². The fraction of sp³-hybridized carbons (Fsp3) is 0.273. The van der Waals surface area contributed by atoms with E-state index in [2.05, 4.69) is 10.3 Å². The van der Waals surface area contributed by atoms with Crippen molar-refractivity contribution < 1.29 is 13.9 Å². The van der Waals surface area contributed by atoms with Gasteiger partial charge in [0.1, 0.15) is 11.6 Å². The number of halogens is 1. The second-order valence-electron chi connectivity index (χ2n) is 6.34. The molecule has 0 spiro atoms. The van der Waals surface area contributed by atoms with Crippen LogP contribution in [0.5, 0.6) is 5.75 Å². The summed E-state index contributed by atoms with van der Waals surface area (Å²) >= 11 is 3.09. The zero-order chi connectivity index (χ0) is 20.6. The highest BCUT2D eigenvalue weighted by atomic mass is 32.2. The molecular weight excluding hydrogens is 407 g/mol. The fourth-order valence-corrected chi connectivity index (χ4v) is 4.43. The monoisotopic (exact) mass is 430 g/mol. The summed E-state index contributed by atoms with van der Waals surface area (Å²) in [6.45, 7) is 4.58. The normalized spacial score (nSPS) is 10.7. The highest BCUT2D eigenvalue weighted by Crippen LogP contribution is 2.31. The summed E-state index contributed by atoms with van der Waals surface area (Å²) in [6, 6.07) is 14.2. The summed E-state index contributed by atoms with van der Waals surface area (Å²) in [6.07, 6.45) is 1.16. The first-order valence-corrected chi connectivity index (χ1v) is 11.2. The first-order valence-electron chi connectivity index (χ1n) is 9.44.